The highest BCUT2D eigenvalue weighted by atomic mass is 16.6. The van der Waals surface area contributed by atoms with Crippen molar-refractivity contribution in [2.75, 3.05) is 26.3 Å². The number of unbranched alkanes of at least 4 members (excludes halogenated alkanes) is 2. The molecule has 0 aliphatic carbocycles. The number of allylic oxidation sites excluding steroid dienone is 1. The summed E-state index contributed by atoms with van der Waals surface area (Å²) in [6.45, 7) is 14.4. The number of carbonyl (C=O) groups is 3. The highest BCUT2D eigenvalue weighted by Gasteiger charge is 2.79. The van der Waals surface area contributed by atoms with Crippen molar-refractivity contribution in [2.24, 2.45) is 11.8 Å². The Balaban J connectivity index is 1.97. The lowest BCUT2D eigenvalue weighted by molar-refractivity contribution is -0.162. The number of ether oxygens (including phenoxy) is 2. The molecule has 0 saturated carbocycles. The fourth-order valence-corrected chi connectivity index (χ4v) is 6.85. The van der Waals surface area contributed by atoms with E-state index in [4.69, 9.17) is 9.47 Å². The molecule has 37 heavy (non-hydrogen) atoms. The number of nitrogens with zero attached hydrogens (tertiary/aromatic N) is 2. The lowest BCUT2D eigenvalue weighted by Crippen LogP contribution is -2.58. The van der Waals surface area contributed by atoms with E-state index in [-0.39, 0.29) is 37.6 Å². The van der Waals surface area contributed by atoms with Crippen molar-refractivity contribution in [3.8, 4) is 0 Å². The minimum Gasteiger partial charge on any atom is -0.465 e. The highest BCUT2D eigenvalue weighted by Crippen LogP contribution is 2.64. The number of hydrogen-bond donors (Lipinski definition) is 1. The quantitative estimate of drug-likeness (QED) is 0.190. The van der Waals surface area contributed by atoms with Gasteiger partial charge in [-0.15, -0.1) is 13.2 Å². The van der Waals surface area contributed by atoms with Crippen LogP contribution in [0.1, 0.15) is 78.6 Å². The van der Waals surface area contributed by atoms with Gasteiger partial charge in [-0.05, 0) is 58.3 Å². The summed E-state index contributed by atoms with van der Waals surface area (Å²) in [4.78, 5) is 45.1. The summed E-state index contributed by atoms with van der Waals surface area (Å²) in [5, 5.41) is 9.54. The molecule has 3 unspecified atom stereocenters. The van der Waals surface area contributed by atoms with Crippen LogP contribution in [-0.2, 0) is 23.9 Å². The van der Waals surface area contributed by atoms with Crippen LogP contribution in [0.25, 0.3) is 0 Å². The monoisotopic (exact) mass is 518 g/mol. The van der Waals surface area contributed by atoms with Crippen molar-refractivity contribution < 1.29 is 29.0 Å². The Morgan fingerprint density at radius 2 is 2.00 bits per heavy atom. The van der Waals surface area contributed by atoms with Crippen LogP contribution >= 0.6 is 0 Å². The van der Waals surface area contributed by atoms with E-state index in [0.29, 0.717) is 32.2 Å². The molecule has 0 aromatic heterocycles. The van der Waals surface area contributed by atoms with Crippen LogP contribution in [0.2, 0.25) is 0 Å². The molecule has 2 amide bonds. The summed E-state index contributed by atoms with van der Waals surface area (Å²) in [5.41, 5.74) is -1.88. The molecule has 1 spiro atoms. The third kappa shape index (κ3) is 5.24. The van der Waals surface area contributed by atoms with Crippen molar-refractivity contribution in [3.05, 3.63) is 25.3 Å². The van der Waals surface area contributed by atoms with Crippen LogP contribution in [0.5, 0.6) is 0 Å². The van der Waals surface area contributed by atoms with Gasteiger partial charge in [0.1, 0.15) is 17.6 Å². The molecule has 0 aromatic rings. The Bertz CT molecular complexity index is 861. The SMILES string of the molecule is C=CCCCCOC(=O)[C@H]1[C@H]2C(=O)N(CCCO)C(C(=O)N(CC=C)C(C)CCC)C23CC[C@]1(CC)O3. The van der Waals surface area contributed by atoms with Gasteiger partial charge in [-0.1, -0.05) is 32.4 Å². The molecule has 208 valence electrons. The van der Waals surface area contributed by atoms with Crippen molar-refractivity contribution in [1.29, 1.82) is 0 Å². The second kappa shape index (κ2) is 12.6. The molecule has 1 N–H and O–H groups in total. The van der Waals surface area contributed by atoms with Gasteiger partial charge in [0.15, 0.2) is 0 Å². The molecule has 8 heteroatoms. The zero-order valence-corrected chi connectivity index (χ0v) is 23.0. The maximum atomic E-state index is 14.3. The number of hydrogen-bond acceptors (Lipinski definition) is 6. The lowest BCUT2D eigenvalue weighted by atomic mass is 9.65. The fraction of sp³-hybridized carbons (Fsp3) is 0.759. The molecule has 3 aliphatic heterocycles. The van der Waals surface area contributed by atoms with E-state index in [1.807, 2.05) is 19.9 Å². The third-order valence-electron chi connectivity index (χ3n) is 8.62. The second-order valence-electron chi connectivity index (χ2n) is 10.8. The summed E-state index contributed by atoms with van der Waals surface area (Å²) in [7, 11) is 0. The Labute approximate surface area is 222 Å². The van der Waals surface area contributed by atoms with Crippen LogP contribution in [0.3, 0.4) is 0 Å². The van der Waals surface area contributed by atoms with Gasteiger partial charge < -0.3 is 24.4 Å². The largest absolute Gasteiger partial charge is 0.465 e. The summed E-state index contributed by atoms with van der Waals surface area (Å²) >= 11 is 0. The Hall–Kier alpha value is -2.19. The van der Waals surface area contributed by atoms with Gasteiger partial charge in [0, 0.05) is 25.7 Å². The van der Waals surface area contributed by atoms with Crippen molar-refractivity contribution >= 4 is 17.8 Å². The van der Waals surface area contributed by atoms with E-state index in [2.05, 4.69) is 20.1 Å². The Kier molecular flexibility index (Phi) is 9.98. The van der Waals surface area contributed by atoms with Crippen LogP contribution in [0.4, 0.5) is 0 Å². The Morgan fingerprint density at radius 1 is 1.24 bits per heavy atom. The maximum absolute atomic E-state index is 14.3. The van der Waals surface area contributed by atoms with Crippen molar-refractivity contribution in [2.45, 2.75) is 102 Å². The molecule has 8 nitrogen and oxygen atoms in total. The molecule has 6 atom stereocenters. The van der Waals surface area contributed by atoms with E-state index in [1.54, 1.807) is 15.9 Å². The van der Waals surface area contributed by atoms with Gasteiger partial charge in [-0.2, -0.15) is 0 Å². The van der Waals surface area contributed by atoms with Crippen LogP contribution < -0.4 is 0 Å². The zero-order valence-electron chi connectivity index (χ0n) is 23.0. The molecule has 3 saturated heterocycles. The second-order valence-corrected chi connectivity index (χ2v) is 10.8. The third-order valence-corrected chi connectivity index (χ3v) is 8.62. The topological polar surface area (TPSA) is 96.4 Å². The molecule has 0 aromatic carbocycles. The number of carbonyl (C=O) groups excluding carboxylic acids is 3. The Morgan fingerprint density at radius 3 is 2.62 bits per heavy atom. The summed E-state index contributed by atoms with van der Waals surface area (Å²) in [5.74, 6) is -2.31. The van der Waals surface area contributed by atoms with Crippen molar-refractivity contribution in [1.82, 2.24) is 9.80 Å². The van der Waals surface area contributed by atoms with Gasteiger partial charge in [0.25, 0.3) is 0 Å². The molecule has 2 bridgehead atoms. The van der Waals surface area contributed by atoms with E-state index < -0.39 is 35.0 Å². The average Bonchev–Trinajstić information content (AvgIpc) is 3.49. The number of likely N-dealkylation sites (tertiary alicyclic amines) is 1. The average molecular weight is 519 g/mol. The molecular weight excluding hydrogens is 472 g/mol. The predicted molar refractivity (Wildman–Crippen MR) is 142 cm³/mol. The minimum absolute atomic E-state index is 0.0317. The summed E-state index contributed by atoms with van der Waals surface area (Å²) in [6, 6.07) is -0.870. The van der Waals surface area contributed by atoms with Gasteiger partial charge in [-0.3, -0.25) is 14.4 Å². The predicted octanol–water partition coefficient (Wildman–Crippen LogP) is 3.63. The fourth-order valence-electron chi connectivity index (χ4n) is 6.85. The number of amides is 2. The van der Waals surface area contributed by atoms with Gasteiger partial charge in [-0.25, -0.2) is 0 Å². The van der Waals surface area contributed by atoms with Crippen molar-refractivity contribution in [3.63, 3.8) is 0 Å². The normalized spacial score (nSPS) is 30.8. The first-order valence-electron chi connectivity index (χ1n) is 14.1. The number of aliphatic hydroxyl groups excluding tert-OH is 1. The number of rotatable bonds is 16. The van der Waals surface area contributed by atoms with E-state index in [0.717, 1.165) is 32.1 Å². The number of fused-ring (bicyclic) bond motifs is 1. The lowest BCUT2D eigenvalue weighted by Gasteiger charge is -2.39. The smallest absolute Gasteiger partial charge is 0.312 e. The van der Waals surface area contributed by atoms with Gasteiger partial charge in [0.05, 0.1) is 18.1 Å². The minimum atomic E-state index is -1.07. The molecule has 0 radical (unpaired) electrons. The molecule has 3 fully saturated rings. The van der Waals surface area contributed by atoms with Crippen LogP contribution in [0.15, 0.2) is 25.3 Å². The summed E-state index contributed by atoms with van der Waals surface area (Å²) < 4.78 is 12.5. The first-order valence-corrected chi connectivity index (χ1v) is 14.1. The van der Waals surface area contributed by atoms with Crippen LogP contribution in [0, 0.1) is 11.8 Å². The molecular formula is C29H46N2O6. The zero-order chi connectivity index (χ0) is 27.2. The highest BCUT2D eigenvalue weighted by molar-refractivity contribution is 5.98. The molecule has 3 rings (SSSR count). The van der Waals surface area contributed by atoms with E-state index in [9.17, 15) is 19.5 Å². The molecule has 3 aliphatic rings. The summed E-state index contributed by atoms with van der Waals surface area (Å²) in [6.07, 6.45) is 9.81. The van der Waals surface area contributed by atoms with E-state index in [1.165, 1.54) is 0 Å². The number of aliphatic hydroxyl groups is 1. The van der Waals surface area contributed by atoms with E-state index >= 15 is 0 Å². The first-order chi connectivity index (χ1) is 17.8. The standard InChI is InChI=1S/C29H46N2O6/c1-6-10-11-12-20-36-27(35)23-22-25(33)31(18-13-19-32)24(29(22)16-15-28(23,9-4)37-29)26(34)30(17-8-3)21(5)14-7-2/h6,8,21-24,32H,1,3,7,9-20H2,2,4-5H3/t21?,22-,23+,24?,28-,29?/m0/s1. The van der Waals surface area contributed by atoms with Gasteiger partial charge >= 0.3 is 5.97 Å². The first kappa shape index (κ1) is 29.4. The maximum Gasteiger partial charge on any atom is 0.312 e. The number of esters is 1. The van der Waals surface area contributed by atoms with Gasteiger partial charge in [0.2, 0.25) is 11.8 Å². The molecule has 3 heterocycles. The van der Waals surface area contributed by atoms with Crippen LogP contribution in [-0.4, -0.2) is 82.3 Å².